The third-order valence-electron chi connectivity index (χ3n) is 8.38. The monoisotopic (exact) mass is 456 g/mol. The molecule has 0 atom stereocenters. The van der Waals surface area contributed by atoms with Gasteiger partial charge in [-0.2, -0.15) is 0 Å². The zero-order valence-electron chi connectivity index (χ0n) is 20.3. The Morgan fingerprint density at radius 3 is 2.67 bits per heavy atom. The molecular weight excluding hydrogens is 415 g/mol. The predicted molar refractivity (Wildman–Crippen MR) is 132 cm³/mol. The van der Waals surface area contributed by atoms with Crippen LogP contribution in [0.2, 0.25) is 0 Å². The Bertz CT molecular complexity index is 884. The number of alkyl halides is 1. The number of aromatic nitrogens is 1. The lowest BCUT2D eigenvalue weighted by Gasteiger charge is -2.41. The van der Waals surface area contributed by atoms with Gasteiger partial charge in [0.1, 0.15) is 12.4 Å². The summed E-state index contributed by atoms with van der Waals surface area (Å²) in [7, 11) is 1.65. The van der Waals surface area contributed by atoms with Gasteiger partial charge in [-0.3, -0.25) is 4.98 Å². The molecule has 1 aliphatic heterocycles. The lowest BCUT2D eigenvalue weighted by molar-refractivity contribution is 0.0333. The molecule has 2 aliphatic rings. The smallest absolute Gasteiger partial charge is 0.119 e. The summed E-state index contributed by atoms with van der Waals surface area (Å²) in [6.07, 6.45) is 15.0. The van der Waals surface area contributed by atoms with Crippen molar-refractivity contribution in [3.8, 4) is 5.75 Å². The zero-order chi connectivity index (χ0) is 23.1. The summed E-state index contributed by atoms with van der Waals surface area (Å²) in [6, 6.07) is 5.82. The fourth-order valence-corrected chi connectivity index (χ4v) is 6.02. The highest BCUT2D eigenvalue weighted by molar-refractivity contribution is 5.84. The number of halogens is 1. The Balaban J connectivity index is 1.33. The van der Waals surface area contributed by atoms with Crippen LogP contribution in [0.1, 0.15) is 75.3 Å². The minimum absolute atomic E-state index is 0.0116. The van der Waals surface area contributed by atoms with E-state index in [0.717, 1.165) is 73.3 Å². The number of fused-ring (bicyclic) bond motifs is 1. The van der Waals surface area contributed by atoms with Gasteiger partial charge in [0.25, 0.3) is 0 Å². The van der Waals surface area contributed by atoms with E-state index < -0.39 is 6.67 Å². The van der Waals surface area contributed by atoms with Crippen molar-refractivity contribution in [1.29, 1.82) is 0 Å². The number of likely N-dealkylation sites (tertiary alicyclic amines) is 1. The van der Waals surface area contributed by atoms with Gasteiger partial charge < -0.3 is 14.7 Å². The van der Waals surface area contributed by atoms with Crippen molar-refractivity contribution in [3.63, 3.8) is 0 Å². The van der Waals surface area contributed by atoms with Gasteiger partial charge in [0.15, 0.2) is 0 Å². The molecule has 2 aromatic rings. The van der Waals surface area contributed by atoms with Gasteiger partial charge >= 0.3 is 0 Å². The molecule has 2 fully saturated rings. The minimum Gasteiger partial charge on any atom is -0.497 e. The molecule has 1 aromatic heterocycles. The molecule has 4 rings (SSSR count). The summed E-state index contributed by atoms with van der Waals surface area (Å²) in [5.74, 6) is 1.70. The van der Waals surface area contributed by atoms with Gasteiger partial charge in [-0.1, -0.05) is 32.1 Å². The molecule has 1 N–H and O–H groups in total. The minimum atomic E-state index is -0.503. The van der Waals surface area contributed by atoms with Crippen molar-refractivity contribution in [2.24, 2.45) is 11.3 Å². The van der Waals surface area contributed by atoms with Crippen LogP contribution in [-0.4, -0.2) is 48.3 Å². The van der Waals surface area contributed by atoms with E-state index in [1.165, 1.54) is 45.1 Å². The number of rotatable bonds is 10. The Morgan fingerprint density at radius 2 is 1.97 bits per heavy atom. The predicted octanol–water partition coefficient (Wildman–Crippen LogP) is 6.08. The number of benzene rings is 1. The van der Waals surface area contributed by atoms with Gasteiger partial charge in [-0.25, -0.2) is 4.39 Å². The summed E-state index contributed by atoms with van der Waals surface area (Å²) >= 11 is 0. The SMILES string of the molecule is COc1ccc2ncc(CF)c(CCCC3(CO)CCN(CCC4CCCCC4)CC3)c2c1. The average molecular weight is 457 g/mol. The van der Waals surface area contributed by atoms with Crippen LogP contribution in [0, 0.1) is 11.3 Å². The molecule has 0 bridgehead atoms. The Labute approximate surface area is 198 Å². The fourth-order valence-electron chi connectivity index (χ4n) is 6.02. The summed E-state index contributed by atoms with van der Waals surface area (Å²) in [4.78, 5) is 7.05. The van der Waals surface area contributed by atoms with E-state index in [1.807, 2.05) is 18.2 Å². The van der Waals surface area contributed by atoms with Gasteiger partial charge in [0.05, 0.1) is 12.6 Å². The highest BCUT2D eigenvalue weighted by atomic mass is 19.1. The first-order valence-corrected chi connectivity index (χ1v) is 13.0. The van der Waals surface area contributed by atoms with Crippen molar-refractivity contribution < 1.29 is 14.2 Å². The fraction of sp³-hybridized carbons (Fsp3) is 0.679. The van der Waals surface area contributed by atoms with Gasteiger partial charge in [0, 0.05) is 23.8 Å². The van der Waals surface area contributed by atoms with E-state index in [4.69, 9.17) is 4.74 Å². The molecule has 0 radical (unpaired) electrons. The van der Waals surface area contributed by atoms with Gasteiger partial charge in [0.2, 0.25) is 0 Å². The Kier molecular flexibility index (Phi) is 8.59. The number of hydrogen-bond donors (Lipinski definition) is 1. The second-order valence-corrected chi connectivity index (χ2v) is 10.4. The first-order valence-electron chi connectivity index (χ1n) is 13.0. The second-order valence-electron chi connectivity index (χ2n) is 10.4. The van der Waals surface area contributed by atoms with Crippen molar-refractivity contribution in [1.82, 2.24) is 9.88 Å². The van der Waals surface area contributed by atoms with E-state index >= 15 is 0 Å². The molecule has 1 saturated carbocycles. The second kappa shape index (κ2) is 11.6. The summed E-state index contributed by atoms with van der Waals surface area (Å²) < 4.78 is 19.1. The molecule has 1 saturated heterocycles. The molecule has 0 unspecified atom stereocenters. The molecule has 182 valence electrons. The lowest BCUT2D eigenvalue weighted by Crippen LogP contribution is -2.42. The molecule has 33 heavy (non-hydrogen) atoms. The van der Waals surface area contributed by atoms with Crippen LogP contribution >= 0.6 is 0 Å². The molecule has 4 nitrogen and oxygen atoms in total. The van der Waals surface area contributed by atoms with Crippen LogP contribution in [0.15, 0.2) is 24.4 Å². The van der Waals surface area contributed by atoms with Crippen LogP contribution in [0.25, 0.3) is 10.9 Å². The Morgan fingerprint density at radius 1 is 1.18 bits per heavy atom. The number of pyridine rings is 1. The van der Waals surface area contributed by atoms with E-state index in [9.17, 15) is 9.50 Å². The van der Waals surface area contributed by atoms with Crippen molar-refractivity contribution in [3.05, 3.63) is 35.5 Å². The first kappa shape index (κ1) is 24.4. The van der Waals surface area contributed by atoms with Gasteiger partial charge in [-0.15, -0.1) is 0 Å². The largest absolute Gasteiger partial charge is 0.497 e. The zero-order valence-corrected chi connectivity index (χ0v) is 20.3. The lowest BCUT2D eigenvalue weighted by atomic mass is 9.74. The molecule has 0 amide bonds. The number of aliphatic hydroxyl groups excluding tert-OH is 1. The van der Waals surface area contributed by atoms with Crippen LogP contribution in [-0.2, 0) is 13.1 Å². The van der Waals surface area contributed by atoms with Crippen LogP contribution in [0.5, 0.6) is 5.75 Å². The molecule has 1 aliphatic carbocycles. The summed E-state index contributed by atoms with van der Waals surface area (Å²) in [6.45, 7) is 3.16. The van der Waals surface area contributed by atoms with Crippen LogP contribution in [0.3, 0.4) is 0 Å². The molecule has 5 heteroatoms. The number of piperidine rings is 1. The normalized spacial score (nSPS) is 19.7. The number of aryl methyl sites for hydroxylation is 1. The summed E-state index contributed by atoms with van der Waals surface area (Å²) in [5.41, 5.74) is 2.61. The first-order chi connectivity index (χ1) is 16.2. The molecule has 2 heterocycles. The third kappa shape index (κ3) is 6.05. The molecular formula is C28H41FN2O2. The number of methoxy groups -OCH3 is 1. The van der Waals surface area contributed by atoms with E-state index in [-0.39, 0.29) is 12.0 Å². The van der Waals surface area contributed by atoms with Crippen molar-refractivity contribution in [2.45, 2.75) is 77.3 Å². The summed E-state index contributed by atoms with van der Waals surface area (Å²) in [5, 5.41) is 11.3. The quantitative estimate of drug-likeness (QED) is 0.471. The number of hydrogen-bond acceptors (Lipinski definition) is 4. The van der Waals surface area contributed by atoms with Crippen molar-refractivity contribution in [2.75, 3.05) is 33.4 Å². The molecule has 0 spiro atoms. The maximum atomic E-state index is 13.8. The number of aliphatic hydroxyl groups is 1. The highest BCUT2D eigenvalue weighted by Crippen LogP contribution is 2.37. The Hall–Kier alpha value is -1.72. The maximum absolute atomic E-state index is 13.8. The van der Waals surface area contributed by atoms with E-state index in [1.54, 1.807) is 13.3 Å². The highest BCUT2D eigenvalue weighted by Gasteiger charge is 2.33. The number of ether oxygens (including phenoxy) is 1. The average Bonchev–Trinajstić information content (AvgIpc) is 2.88. The maximum Gasteiger partial charge on any atom is 0.119 e. The van der Waals surface area contributed by atoms with Crippen molar-refractivity contribution >= 4 is 10.9 Å². The third-order valence-corrected chi connectivity index (χ3v) is 8.38. The van der Waals surface area contributed by atoms with E-state index in [2.05, 4.69) is 9.88 Å². The standard InChI is InChI=1S/C28H41FN2O2/c1-33-24-9-10-27-26(18-24)25(23(19-29)20-30-27)8-5-12-28(21-32)13-16-31(17-14-28)15-11-22-6-3-2-4-7-22/h9-10,18,20,22,32H,2-8,11-17,19,21H2,1H3. The molecule has 1 aromatic carbocycles. The number of nitrogens with zero attached hydrogens (tertiary/aromatic N) is 2. The van der Waals surface area contributed by atoms with Crippen LogP contribution in [0.4, 0.5) is 4.39 Å². The van der Waals surface area contributed by atoms with Crippen LogP contribution < -0.4 is 4.74 Å². The van der Waals surface area contributed by atoms with Gasteiger partial charge in [-0.05, 0) is 93.3 Å². The topological polar surface area (TPSA) is 45.6 Å². The van der Waals surface area contributed by atoms with E-state index in [0.29, 0.717) is 5.56 Å².